The van der Waals surface area contributed by atoms with E-state index in [0.717, 1.165) is 12.0 Å². The van der Waals surface area contributed by atoms with Crippen LogP contribution < -0.4 is 21.7 Å². The van der Waals surface area contributed by atoms with Gasteiger partial charge in [-0.3, -0.25) is 10.2 Å². The summed E-state index contributed by atoms with van der Waals surface area (Å²) in [6.07, 6.45) is 0.737. The van der Waals surface area contributed by atoms with E-state index in [0.29, 0.717) is 17.8 Å². The van der Waals surface area contributed by atoms with Crippen LogP contribution in [0.4, 0.5) is 10.5 Å². The highest BCUT2D eigenvalue weighted by atomic mass is 16.2. The fraction of sp³-hybridized carbons (Fsp3) is 0.167. The molecule has 0 unspecified atom stereocenters. The second-order valence-electron chi connectivity index (χ2n) is 5.38. The quantitative estimate of drug-likeness (QED) is 0.388. The number of rotatable bonds is 7. The van der Waals surface area contributed by atoms with Gasteiger partial charge in [-0.2, -0.15) is 0 Å². The van der Waals surface area contributed by atoms with Crippen molar-refractivity contribution in [1.82, 2.24) is 10.6 Å². The number of amides is 3. The Kier molecular flexibility index (Phi) is 6.53. The molecule has 0 aromatic heterocycles. The SMILES string of the molecule is N=C(N)c1ccc(NC(=O)NCC(=O)NCCc2ccccc2)cc1. The predicted octanol–water partition coefficient (Wildman–Crippen LogP) is 1.45. The lowest BCUT2D eigenvalue weighted by Gasteiger charge is -2.09. The minimum atomic E-state index is -0.478. The van der Waals surface area contributed by atoms with Gasteiger partial charge in [0, 0.05) is 17.8 Å². The number of benzene rings is 2. The Bertz CT molecular complexity index is 729. The van der Waals surface area contributed by atoms with E-state index in [2.05, 4.69) is 16.0 Å². The summed E-state index contributed by atoms with van der Waals surface area (Å²) in [5.41, 5.74) is 7.62. The molecular formula is C18H21N5O2. The molecule has 3 amide bonds. The molecule has 0 saturated heterocycles. The summed E-state index contributed by atoms with van der Waals surface area (Å²) in [7, 11) is 0. The molecule has 0 aliphatic carbocycles. The Morgan fingerprint density at radius 3 is 2.28 bits per heavy atom. The van der Waals surface area contributed by atoms with Crippen LogP contribution in [0.5, 0.6) is 0 Å². The summed E-state index contributed by atoms with van der Waals surface area (Å²) in [5, 5.41) is 15.1. The van der Waals surface area contributed by atoms with Gasteiger partial charge in [0.2, 0.25) is 5.91 Å². The molecule has 0 spiro atoms. The summed E-state index contributed by atoms with van der Waals surface area (Å²) < 4.78 is 0. The third-order valence-corrected chi connectivity index (χ3v) is 3.44. The normalized spacial score (nSPS) is 9.92. The fourth-order valence-electron chi connectivity index (χ4n) is 2.12. The number of anilines is 1. The van der Waals surface area contributed by atoms with Crippen LogP contribution in [0, 0.1) is 5.41 Å². The molecule has 0 radical (unpaired) electrons. The molecule has 7 nitrogen and oxygen atoms in total. The van der Waals surface area contributed by atoms with Gasteiger partial charge in [-0.05, 0) is 36.2 Å². The standard InChI is InChI=1S/C18H21N5O2/c19-17(20)14-6-8-15(9-7-14)23-18(25)22-12-16(24)21-11-10-13-4-2-1-3-5-13/h1-9H,10-12H2,(H3,19,20)(H,21,24)(H2,22,23,25). The highest BCUT2D eigenvalue weighted by Crippen LogP contribution is 2.08. The maximum Gasteiger partial charge on any atom is 0.319 e. The van der Waals surface area contributed by atoms with Crippen molar-refractivity contribution in [2.45, 2.75) is 6.42 Å². The Balaban J connectivity index is 1.66. The largest absolute Gasteiger partial charge is 0.384 e. The summed E-state index contributed by atoms with van der Waals surface area (Å²) in [4.78, 5) is 23.5. The number of nitrogens with one attached hydrogen (secondary N) is 4. The first-order chi connectivity index (χ1) is 12.0. The van der Waals surface area contributed by atoms with Crippen LogP contribution in [0.15, 0.2) is 54.6 Å². The molecule has 2 aromatic carbocycles. The second-order valence-corrected chi connectivity index (χ2v) is 5.38. The molecular weight excluding hydrogens is 318 g/mol. The molecule has 0 atom stereocenters. The van der Waals surface area contributed by atoms with Gasteiger partial charge in [0.25, 0.3) is 0 Å². The molecule has 25 heavy (non-hydrogen) atoms. The van der Waals surface area contributed by atoms with E-state index in [1.165, 1.54) is 0 Å². The van der Waals surface area contributed by atoms with Gasteiger partial charge < -0.3 is 21.7 Å². The maximum atomic E-state index is 11.8. The van der Waals surface area contributed by atoms with Crippen molar-refractivity contribution in [3.63, 3.8) is 0 Å². The Labute approximate surface area is 146 Å². The minimum Gasteiger partial charge on any atom is -0.384 e. The van der Waals surface area contributed by atoms with Gasteiger partial charge in [0.05, 0.1) is 6.54 Å². The van der Waals surface area contributed by atoms with Crippen LogP contribution in [0.2, 0.25) is 0 Å². The zero-order valence-corrected chi connectivity index (χ0v) is 13.7. The van der Waals surface area contributed by atoms with Gasteiger partial charge in [0.15, 0.2) is 0 Å². The smallest absolute Gasteiger partial charge is 0.319 e. The average molecular weight is 339 g/mol. The number of amidine groups is 1. The van der Waals surface area contributed by atoms with Crippen LogP contribution >= 0.6 is 0 Å². The van der Waals surface area contributed by atoms with Gasteiger partial charge >= 0.3 is 6.03 Å². The predicted molar refractivity (Wildman–Crippen MR) is 97.6 cm³/mol. The van der Waals surface area contributed by atoms with Crippen LogP contribution in [0.1, 0.15) is 11.1 Å². The van der Waals surface area contributed by atoms with Crippen LogP contribution in [0.25, 0.3) is 0 Å². The van der Waals surface area contributed by atoms with Crippen LogP contribution in [0.3, 0.4) is 0 Å². The molecule has 0 saturated carbocycles. The second kappa shape index (κ2) is 9.07. The first kappa shape index (κ1) is 18.0. The molecule has 0 aliphatic rings. The zero-order valence-electron chi connectivity index (χ0n) is 13.7. The maximum absolute atomic E-state index is 11.8. The fourth-order valence-corrected chi connectivity index (χ4v) is 2.12. The molecule has 130 valence electrons. The summed E-state index contributed by atoms with van der Waals surface area (Å²) in [6.45, 7) is 0.408. The van der Waals surface area contributed by atoms with E-state index >= 15 is 0 Å². The molecule has 6 N–H and O–H groups in total. The van der Waals surface area contributed by atoms with Crippen LogP contribution in [-0.4, -0.2) is 30.9 Å². The first-order valence-electron chi connectivity index (χ1n) is 7.84. The first-order valence-corrected chi connectivity index (χ1v) is 7.84. The molecule has 0 heterocycles. The molecule has 0 aliphatic heterocycles. The van der Waals surface area contributed by atoms with E-state index in [9.17, 15) is 9.59 Å². The lowest BCUT2D eigenvalue weighted by molar-refractivity contribution is -0.120. The van der Waals surface area contributed by atoms with E-state index < -0.39 is 6.03 Å². The third-order valence-electron chi connectivity index (χ3n) is 3.44. The lowest BCUT2D eigenvalue weighted by atomic mass is 10.1. The minimum absolute atomic E-state index is 0.0387. The summed E-state index contributed by atoms with van der Waals surface area (Å²) >= 11 is 0. The number of nitrogens with two attached hydrogens (primary N) is 1. The van der Waals surface area contributed by atoms with Crippen LogP contribution in [-0.2, 0) is 11.2 Å². The number of hydrogen-bond acceptors (Lipinski definition) is 3. The van der Waals surface area contributed by atoms with Crippen molar-refractivity contribution in [1.29, 1.82) is 5.41 Å². The number of hydrogen-bond donors (Lipinski definition) is 5. The molecule has 0 bridgehead atoms. The average Bonchev–Trinajstić information content (AvgIpc) is 2.61. The highest BCUT2D eigenvalue weighted by molar-refractivity contribution is 5.96. The number of carbonyl (C=O) groups excluding carboxylic acids is 2. The van der Waals surface area contributed by atoms with Gasteiger partial charge in [0.1, 0.15) is 5.84 Å². The monoisotopic (exact) mass is 339 g/mol. The van der Waals surface area contributed by atoms with Crippen molar-refractivity contribution in [2.24, 2.45) is 5.73 Å². The molecule has 2 aromatic rings. The number of nitrogen functional groups attached to an aromatic ring is 1. The zero-order chi connectivity index (χ0) is 18.1. The lowest BCUT2D eigenvalue weighted by Crippen LogP contribution is -2.39. The van der Waals surface area contributed by atoms with Gasteiger partial charge in [-0.25, -0.2) is 4.79 Å². The van der Waals surface area contributed by atoms with Crippen molar-refractivity contribution in [3.05, 3.63) is 65.7 Å². The number of carbonyl (C=O) groups is 2. The molecule has 2 rings (SSSR count). The van der Waals surface area contributed by atoms with E-state index in [1.54, 1.807) is 24.3 Å². The van der Waals surface area contributed by atoms with Gasteiger partial charge in [-0.1, -0.05) is 30.3 Å². The third kappa shape index (κ3) is 6.34. The van der Waals surface area contributed by atoms with E-state index in [-0.39, 0.29) is 18.3 Å². The summed E-state index contributed by atoms with van der Waals surface area (Å²) in [6, 6.07) is 15.9. The van der Waals surface area contributed by atoms with E-state index in [4.69, 9.17) is 11.1 Å². The van der Waals surface area contributed by atoms with E-state index in [1.807, 2.05) is 30.3 Å². The Morgan fingerprint density at radius 2 is 1.64 bits per heavy atom. The molecule has 7 heteroatoms. The topological polar surface area (TPSA) is 120 Å². The Morgan fingerprint density at radius 1 is 0.960 bits per heavy atom. The highest BCUT2D eigenvalue weighted by Gasteiger charge is 2.06. The summed E-state index contributed by atoms with van der Waals surface area (Å²) in [5.74, 6) is -0.291. The van der Waals surface area contributed by atoms with Crippen molar-refractivity contribution in [2.75, 3.05) is 18.4 Å². The molecule has 0 fully saturated rings. The number of urea groups is 1. The van der Waals surface area contributed by atoms with Crippen molar-refractivity contribution < 1.29 is 9.59 Å². The van der Waals surface area contributed by atoms with Crippen molar-refractivity contribution in [3.8, 4) is 0 Å². The van der Waals surface area contributed by atoms with Crippen molar-refractivity contribution >= 4 is 23.5 Å². The Hall–Kier alpha value is -3.35. The van der Waals surface area contributed by atoms with Gasteiger partial charge in [-0.15, -0.1) is 0 Å².